The monoisotopic (exact) mass is 387 g/mol. The highest BCUT2D eigenvalue weighted by Gasteiger charge is 2.33. The summed E-state index contributed by atoms with van der Waals surface area (Å²) < 4.78 is 28.0. The number of aromatic amines is 1. The number of nitrogens with one attached hydrogen (secondary N) is 2. The number of nitrogens with zero attached hydrogens (tertiary/aromatic N) is 3. The van der Waals surface area contributed by atoms with Crippen LogP contribution < -0.4 is 5.32 Å². The summed E-state index contributed by atoms with van der Waals surface area (Å²) in [5.74, 6) is -2.81. The van der Waals surface area contributed by atoms with E-state index in [1.807, 2.05) is 35.2 Å². The second-order valence-corrected chi connectivity index (χ2v) is 7.26. The van der Waals surface area contributed by atoms with Gasteiger partial charge in [-0.3, -0.25) is 9.48 Å². The third-order valence-electron chi connectivity index (χ3n) is 5.22. The Morgan fingerprint density at radius 2 is 2.00 bits per heavy atom. The number of likely N-dealkylation sites (tertiary alicyclic amines) is 1. The predicted octanol–water partition coefficient (Wildman–Crippen LogP) is 3.03. The Labute approximate surface area is 161 Å². The second kappa shape index (κ2) is 7.35. The van der Waals surface area contributed by atoms with Crippen LogP contribution in [0.3, 0.4) is 0 Å². The number of amides is 1. The minimum absolute atomic E-state index is 0.116. The van der Waals surface area contributed by atoms with Crippen LogP contribution in [0.25, 0.3) is 22.3 Å². The molecule has 2 N–H and O–H groups in total. The van der Waals surface area contributed by atoms with Crippen LogP contribution in [0.4, 0.5) is 8.78 Å². The van der Waals surface area contributed by atoms with Gasteiger partial charge in [0.25, 0.3) is 11.8 Å². The zero-order chi connectivity index (χ0) is 19.7. The maximum atomic E-state index is 13.2. The molecular weight excluding hydrogens is 364 g/mol. The molecule has 1 aromatic carbocycles. The van der Waals surface area contributed by atoms with Gasteiger partial charge < -0.3 is 15.2 Å². The van der Waals surface area contributed by atoms with Crippen LogP contribution in [0.15, 0.2) is 36.4 Å². The van der Waals surface area contributed by atoms with Crippen LogP contribution in [0, 0.1) is 0 Å². The second-order valence-electron chi connectivity index (χ2n) is 7.26. The standard InChI is InChI=1S/C20H23F2N5O/c1-26-18(16-12-14-4-2-3-5-15(14)24-16)13-17(25-26)19(28)23-8-11-27-9-6-20(21,22)7-10-27/h2-5,12-13,24H,6-11H2,1H3,(H,23,28). The first-order chi connectivity index (χ1) is 13.4. The quantitative estimate of drug-likeness (QED) is 0.707. The molecule has 1 aliphatic heterocycles. The van der Waals surface area contributed by atoms with Crippen molar-refractivity contribution in [2.75, 3.05) is 26.2 Å². The van der Waals surface area contributed by atoms with Crippen LogP contribution >= 0.6 is 0 Å². The maximum Gasteiger partial charge on any atom is 0.271 e. The fourth-order valence-electron chi connectivity index (χ4n) is 3.56. The molecule has 3 aromatic rings. The van der Waals surface area contributed by atoms with E-state index in [0.717, 1.165) is 22.3 Å². The molecule has 0 bridgehead atoms. The number of fused-ring (bicyclic) bond motifs is 1. The van der Waals surface area contributed by atoms with Crippen molar-refractivity contribution in [2.45, 2.75) is 18.8 Å². The molecule has 0 spiro atoms. The van der Waals surface area contributed by atoms with Crippen molar-refractivity contribution in [1.29, 1.82) is 0 Å². The molecular formula is C20H23F2N5O. The van der Waals surface area contributed by atoms with Crippen LogP contribution in [0.2, 0.25) is 0 Å². The van der Waals surface area contributed by atoms with Gasteiger partial charge >= 0.3 is 0 Å². The Bertz CT molecular complexity index is 951. The molecule has 148 valence electrons. The summed E-state index contributed by atoms with van der Waals surface area (Å²) in [4.78, 5) is 17.7. The molecule has 28 heavy (non-hydrogen) atoms. The first kappa shape index (κ1) is 18.6. The summed E-state index contributed by atoms with van der Waals surface area (Å²) >= 11 is 0. The number of hydrogen-bond acceptors (Lipinski definition) is 3. The lowest BCUT2D eigenvalue weighted by Crippen LogP contribution is -2.43. The van der Waals surface area contributed by atoms with Gasteiger partial charge in [-0.1, -0.05) is 18.2 Å². The Kier molecular flexibility index (Phi) is 4.89. The lowest BCUT2D eigenvalue weighted by atomic mass is 10.1. The molecule has 0 saturated carbocycles. The van der Waals surface area contributed by atoms with Crippen molar-refractivity contribution < 1.29 is 13.6 Å². The Morgan fingerprint density at radius 1 is 1.25 bits per heavy atom. The van der Waals surface area contributed by atoms with E-state index in [9.17, 15) is 13.6 Å². The number of hydrogen-bond donors (Lipinski definition) is 2. The van der Waals surface area contributed by atoms with Crippen molar-refractivity contribution in [2.24, 2.45) is 7.05 Å². The van der Waals surface area contributed by atoms with Gasteiger partial charge in [0.2, 0.25) is 0 Å². The smallest absolute Gasteiger partial charge is 0.271 e. The van der Waals surface area contributed by atoms with Crippen LogP contribution in [-0.2, 0) is 7.05 Å². The third kappa shape index (κ3) is 3.91. The number of H-pyrrole nitrogens is 1. The minimum atomic E-state index is -2.55. The molecule has 4 rings (SSSR count). The fourth-order valence-corrected chi connectivity index (χ4v) is 3.56. The Balaban J connectivity index is 1.37. The first-order valence-electron chi connectivity index (χ1n) is 9.42. The number of rotatable bonds is 5. The highest BCUT2D eigenvalue weighted by molar-refractivity contribution is 5.94. The van der Waals surface area contributed by atoms with Crippen LogP contribution in [0.1, 0.15) is 23.3 Å². The zero-order valence-electron chi connectivity index (χ0n) is 15.7. The van der Waals surface area contributed by atoms with Gasteiger partial charge in [0, 0.05) is 57.0 Å². The molecule has 0 unspecified atom stereocenters. The van der Waals surface area contributed by atoms with Gasteiger partial charge in [-0.05, 0) is 18.2 Å². The number of aryl methyl sites for hydroxylation is 1. The predicted molar refractivity (Wildman–Crippen MR) is 103 cm³/mol. The van der Waals surface area contributed by atoms with E-state index < -0.39 is 5.92 Å². The van der Waals surface area contributed by atoms with E-state index in [0.29, 0.717) is 31.9 Å². The molecule has 0 atom stereocenters. The average molecular weight is 387 g/mol. The van der Waals surface area contributed by atoms with E-state index in [1.165, 1.54) is 0 Å². The zero-order valence-corrected chi connectivity index (χ0v) is 15.7. The van der Waals surface area contributed by atoms with Gasteiger partial charge in [-0.2, -0.15) is 5.10 Å². The maximum absolute atomic E-state index is 13.2. The Morgan fingerprint density at radius 3 is 2.75 bits per heavy atom. The van der Waals surface area contributed by atoms with Crippen molar-refractivity contribution in [3.05, 3.63) is 42.1 Å². The summed E-state index contributed by atoms with van der Waals surface area (Å²) in [6.45, 7) is 1.68. The number of aromatic nitrogens is 3. The number of piperidine rings is 1. The molecule has 1 aliphatic rings. The van der Waals surface area contributed by atoms with Gasteiger partial charge in [-0.25, -0.2) is 8.78 Å². The molecule has 8 heteroatoms. The van der Waals surface area contributed by atoms with Gasteiger partial charge in [-0.15, -0.1) is 0 Å². The molecule has 2 aromatic heterocycles. The van der Waals surface area contributed by atoms with Crippen molar-refractivity contribution >= 4 is 16.8 Å². The minimum Gasteiger partial charge on any atom is -0.353 e. The van der Waals surface area contributed by atoms with E-state index in [1.54, 1.807) is 17.8 Å². The molecule has 1 saturated heterocycles. The summed E-state index contributed by atoms with van der Waals surface area (Å²) in [7, 11) is 1.80. The molecule has 1 fully saturated rings. The highest BCUT2D eigenvalue weighted by atomic mass is 19.3. The highest BCUT2D eigenvalue weighted by Crippen LogP contribution is 2.27. The largest absolute Gasteiger partial charge is 0.353 e. The summed E-state index contributed by atoms with van der Waals surface area (Å²) in [6, 6.07) is 11.7. The number of benzene rings is 1. The van der Waals surface area contributed by atoms with Crippen molar-refractivity contribution in [3.63, 3.8) is 0 Å². The van der Waals surface area contributed by atoms with E-state index >= 15 is 0 Å². The number of carbonyl (C=O) groups excluding carboxylic acids is 1. The molecule has 0 aliphatic carbocycles. The number of para-hydroxylation sites is 1. The van der Waals surface area contributed by atoms with Crippen LogP contribution in [-0.4, -0.2) is 57.7 Å². The number of halogens is 2. The van der Waals surface area contributed by atoms with E-state index in [-0.39, 0.29) is 18.7 Å². The SMILES string of the molecule is Cn1nc(C(=O)NCCN2CCC(F)(F)CC2)cc1-c1cc2ccccc2[nH]1. The molecule has 1 amide bonds. The average Bonchev–Trinajstić information content (AvgIpc) is 3.26. The summed E-state index contributed by atoms with van der Waals surface area (Å²) in [5.41, 5.74) is 3.07. The van der Waals surface area contributed by atoms with Crippen LogP contribution in [0.5, 0.6) is 0 Å². The molecule has 3 heterocycles. The first-order valence-corrected chi connectivity index (χ1v) is 9.42. The topological polar surface area (TPSA) is 66.0 Å². The van der Waals surface area contributed by atoms with Crippen molar-refractivity contribution in [1.82, 2.24) is 25.0 Å². The van der Waals surface area contributed by atoms with E-state index in [2.05, 4.69) is 15.4 Å². The molecule has 6 nitrogen and oxygen atoms in total. The lowest BCUT2D eigenvalue weighted by molar-refractivity contribution is -0.0547. The number of alkyl halides is 2. The van der Waals surface area contributed by atoms with Gasteiger partial charge in [0.15, 0.2) is 5.69 Å². The molecule has 0 radical (unpaired) electrons. The third-order valence-corrected chi connectivity index (χ3v) is 5.22. The number of carbonyl (C=O) groups is 1. The van der Waals surface area contributed by atoms with Gasteiger partial charge in [0.05, 0.1) is 11.4 Å². The normalized spacial score (nSPS) is 17.1. The Hall–Kier alpha value is -2.74. The lowest BCUT2D eigenvalue weighted by Gasteiger charge is -2.31. The summed E-state index contributed by atoms with van der Waals surface area (Å²) in [6.07, 6.45) is -0.232. The fraction of sp³-hybridized carbons (Fsp3) is 0.400. The van der Waals surface area contributed by atoms with Gasteiger partial charge in [0.1, 0.15) is 0 Å². The summed E-state index contributed by atoms with van der Waals surface area (Å²) in [5, 5.41) is 8.24. The van der Waals surface area contributed by atoms with E-state index in [4.69, 9.17) is 0 Å². The van der Waals surface area contributed by atoms with Crippen molar-refractivity contribution in [3.8, 4) is 11.4 Å².